The van der Waals surface area contributed by atoms with Crippen LogP contribution in [0, 0.1) is 21.8 Å². The number of carboxylic acids is 1. The van der Waals surface area contributed by atoms with E-state index in [9.17, 15) is 34.0 Å². The Labute approximate surface area is 221 Å². The minimum absolute atomic E-state index is 0.0220. The van der Waals surface area contributed by atoms with E-state index in [4.69, 9.17) is 23.8 Å². The Kier molecular flexibility index (Phi) is 9.11. The van der Waals surface area contributed by atoms with Gasteiger partial charge < -0.3 is 15.7 Å². The van der Waals surface area contributed by atoms with E-state index in [-0.39, 0.29) is 30.1 Å². The molecule has 1 aliphatic heterocycles. The van der Waals surface area contributed by atoms with Gasteiger partial charge in [-0.2, -0.15) is 0 Å². The van der Waals surface area contributed by atoms with Gasteiger partial charge in [-0.15, -0.1) is 0 Å². The SMILES string of the molecule is CCC[C@@H](NC(=O)N1CC(=S)NC[C@H](Cc2cc(Cl)ccc2F)C1=O)c1ccc(C(=O)O)c([N+](=O)[O-])c1. The molecule has 0 bridgehead atoms. The molecule has 2 atom stereocenters. The summed E-state index contributed by atoms with van der Waals surface area (Å²) < 4.78 is 14.3. The Hall–Kier alpha value is -3.64. The molecule has 2 aromatic rings. The molecular weight excluding hydrogens is 527 g/mol. The van der Waals surface area contributed by atoms with Gasteiger partial charge in [0.1, 0.15) is 11.4 Å². The predicted molar refractivity (Wildman–Crippen MR) is 137 cm³/mol. The molecule has 1 fully saturated rings. The van der Waals surface area contributed by atoms with E-state index in [0.29, 0.717) is 23.4 Å². The molecule has 10 nitrogen and oxygen atoms in total. The molecule has 1 saturated heterocycles. The van der Waals surface area contributed by atoms with E-state index < -0.39 is 51.9 Å². The van der Waals surface area contributed by atoms with Gasteiger partial charge in [-0.3, -0.25) is 19.8 Å². The van der Waals surface area contributed by atoms with Crippen LogP contribution in [0.15, 0.2) is 36.4 Å². The standard InChI is InChI=1S/C24H24ClFN4O6S/c1-2-3-19(13-4-6-17(23(32)33)20(10-13)30(35)36)28-24(34)29-12-21(37)27-11-15(22(29)31)8-14-9-16(25)5-7-18(14)26/h4-7,9-10,15,19H,2-3,8,11-12H2,1H3,(H,27,37)(H,28,34)(H,32,33)/t15-,19+/m0/s1. The second kappa shape index (κ2) is 12.1. The van der Waals surface area contributed by atoms with Gasteiger partial charge in [0.15, 0.2) is 0 Å². The van der Waals surface area contributed by atoms with Crippen molar-refractivity contribution >= 4 is 52.4 Å². The van der Waals surface area contributed by atoms with Crippen LogP contribution < -0.4 is 10.6 Å². The van der Waals surface area contributed by atoms with Gasteiger partial charge >= 0.3 is 12.0 Å². The van der Waals surface area contributed by atoms with Crippen molar-refractivity contribution in [3.63, 3.8) is 0 Å². The number of aromatic carboxylic acids is 1. The highest BCUT2D eigenvalue weighted by Gasteiger charge is 2.34. The van der Waals surface area contributed by atoms with E-state index in [1.54, 1.807) is 0 Å². The van der Waals surface area contributed by atoms with Crippen molar-refractivity contribution in [1.29, 1.82) is 0 Å². The normalized spacial score (nSPS) is 16.5. The maximum absolute atomic E-state index is 14.3. The van der Waals surface area contributed by atoms with Crippen molar-refractivity contribution in [3.8, 4) is 0 Å². The van der Waals surface area contributed by atoms with Crippen LogP contribution in [0.1, 0.15) is 47.3 Å². The Balaban J connectivity index is 1.86. The van der Waals surface area contributed by atoms with E-state index >= 15 is 0 Å². The van der Waals surface area contributed by atoms with Gasteiger partial charge in [0, 0.05) is 17.6 Å². The summed E-state index contributed by atoms with van der Waals surface area (Å²) in [5, 5.41) is 26.6. The lowest BCUT2D eigenvalue weighted by molar-refractivity contribution is -0.385. The molecule has 2 aromatic carbocycles. The van der Waals surface area contributed by atoms with Gasteiger partial charge in [-0.05, 0) is 48.2 Å². The zero-order chi connectivity index (χ0) is 27.3. The van der Waals surface area contributed by atoms with Crippen LogP contribution >= 0.6 is 23.8 Å². The van der Waals surface area contributed by atoms with Gasteiger partial charge in [-0.25, -0.2) is 14.0 Å². The van der Waals surface area contributed by atoms with Crippen molar-refractivity contribution < 1.29 is 28.8 Å². The van der Waals surface area contributed by atoms with Crippen LogP contribution in [0.5, 0.6) is 0 Å². The first-order valence-corrected chi connectivity index (χ1v) is 12.1. The van der Waals surface area contributed by atoms with E-state index in [1.165, 1.54) is 24.3 Å². The minimum Gasteiger partial charge on any atom is -0.477 e. The zero-order valence-electron chi connectivity index (χ0n) is 19.7. The number of carboxylic acid groups (broad SMARTS) is 1. The second-order valence-corrected chi connectivity index (χ2v) is 9.42. The molecule has 0 aliphatic carbocycles. The van der Waals surface area contributed by atoms with Crippen molar-refractivity contribution in [2.75, 3.05) is 13.1 Å². The molecule has 0 saturated carbocycles. The molecule has 1 heterocycles. The van der Waals surface area contributed by atoms with Crippen LogP contribution in [0.3, 0.4) is 0 Å². The lowest BCUT2D eigenvalue weighted by Crippen LogP contribution is -2.48. The largest absolute Gasteiger partial charge is 0.477 e. The average molecular weight is 551 g/mol. The monoisotopic (exact) mass is 550 g/mol. The number of imide groups is 1. The molecule has 0 aromatic heterocycles. The number of hydrogen-bond donors (Lipinski definition) is 3. The van der Waals surface area contributed by atoms with Crippen LogP contribution in [0.4, 0.5) is 14.9 Å². The topological polar surface area (TPSA) is 142 Å². The highest BCUT2D eigenvalue weighted by molar-refractivity contribution is 7.80. The number of carbonyl (C=O) groups is 3. The number of nitro groups is 1. The number of rotatable bonds is 8. The van der Waals surface area contributed by atoms with Gasteiger partial charge in [0.2, 0.25) is 5.91 Å². The predicted octanol–water partition coefficient (Wildman–Crippen LogP) is 4.25. The quantitative estimate of drug-likeness (QED) is 0.251. The van der Waals surface area contributed by atoms with E-state index in [0.717, 1.165) is 17.0 Å². The van der Waals surface area contributed by atoms with Crippen molar-refractivity contribution in [1.82, 2.24) is 15.5 Å². The van der Waals surface area contributed by atoms with Crippen molar-refractivity contribution in [2.24, 2.45) is 5.92 Å². The first kappa shape index (κ1) is 27.9. The zero-order valence-corrected chi connectivity index (χ0v) is 21.3. The van der Waals surface area contributed by atoms with Crippen LogP contribution in [-0.4, -0.2) is 50.9 Å². The fourth-order valence-corrected chi connectivity index (χ4v) is 4.46. The number of nitro benzene ring substituents is 1. The van der Waals surface area contributed by atoms with E-state index in [2.05, 4.69) is 10.6 Å². The first-order valence-electron chi connectivity index (χ1n) is 11.4. The molecular formula is C24H24ClFN4O6S. The minimum atomic E-state index is -1.45. The average Bonchev–Trinajstić information content (AvgIpc) is 2.99. The summed E-state index contributed by atoms with van der Waals surface area (Å²) in [4.78, 5) is 49.7. The van der Waals surface area contributed by atoms with Gasteiger partial charge in [0.05, 0.1) is 28.4 Å². The highest BCUT2D eigenvalue weighted by Crippen LogP contribution is 2.27. The van der Waals surface area contributed by atoms with Crippen molar-refractivity contribution in [2.45, 2.75) is 32.2 Å². The van der Waals surface area contributed by atoms with Crippen molar-refractivity contribution in [3.05, 3.63) is 74.0 Å². The summed E-state index contributed by atoms with van der Waals surface area (Å²) >= 11 is 11.2. The Morgan fingerprint density at radius 1 is 1.35 bits per heavy atom. The summed E-state index contributed by atoms with van der Waals surface area (Å²) in [5.74, 6) is -3.38. The maximum atomic E-state index is 14.3. The lowest BCUT2D eigenvalue weighted by atomic mass is 9.97. The summed E-state index contributed by atoms with van der Waals surface area (Å²) in [6.07, 6.45) is 0.910. The number of halogens is 2. The molecule has 1 aliphatic rings. The third kappa shape index (κ3) is 6.77. The number of urea groups is 1. The van der Waals surface area contributed by atoms with Crippen LogP contribution in [0.25, 0.3) is 0 Å². The molecule has 3 amide bonds. The number of carbonyl (C=O) groups excluding carboxylic acids is 2. The molecule has 13 heteroatoms. The smallest absolute Gasteiger partial charge is 0.342 e. The third-order valence-corrected chi connectivity index (χ3v) is 6.42. The summed E-state index contributed by atoms with van der Waals surface area (Å²) in [6.45, 7) is 1.73. The highest BCUT2D eigenvalue weighted by atomic mass is 35.5. The Morgan fingerprint density at radius 2 is 2.08 bits per heavy atom. The Morgan fingerprint density at radius 3 is 2.73 bits per heavy atom. The van der Waals surface area contributed by atoms with Crippen LogP contribution in [-0.2, 0) is 11.2 Å². The first-order chi connectivity index (χ1) is 17.5. The number of thiocarbonyl (C=S) groups is 1. The third-order valence-electron chi connectivity index (χ3n) is 5.91. The van der Waals surface area contributed by atoms with Gasteiger partial charge in [0.25, 0.3) is 5.69 Å². The number of amides is 3. The number of nitrogens with zero attached hydrogens (tertiary/aromatic N) is 2. The molecule has 3 N–H and O–H groups in total. The lowest BCUT2D eigenvalue weighted by Gasteiger charge is -2.26. The number of benzene rings is 2. The summed E-state index contributed by atoms with van der Waals surface area (Å²) in [5.41, 5.74) is -0.561. The molecule has 3 rings (SSSR count). The second-order valence-electron chi connectivity index (χ2n) is 8.49. The maximum Gasteiger partial charge on any atom is 0.342 e. The molecule has 0 spiro atoms. The fourth-order valence-electron chi connectivity index (χ4n) is 4.05. The Bertz CT molecular complexity index is 1260. The molecule has 37 heavy (non-hydrogen) atoms. The summed E-state index contributed by atoms with van der Waals surface area (Å²) in [6, 6.07) is 6.08. The molecule has 0 unspecified atom stereocenters. The summed E-state index contributed by atoms with van der Waals surface area (Å²) in [7, 11) is 0. The van der Waals surface area contributed by atoms with E-state index in [1.807, 2.05) is 6.92 Å². The fraction of sp³-hybridized carbons (Fsp3) is 0.333. The number of nitrogens with one attached hydrogen (secondary N) is 2. The molecule has 0 radical (unpaired) electrons. The van der Waals surface area contributed by atoms with Crippen LogP contribution in [0.2, 0.25) is 5.02 Å². The number of hydrogen-bond acceptors (Lipinski definition) is 6. The molecule has 196 valence electrons. The van der Waals surface area contributed by atoms with Gasteiger partial charge in [-0.1, -0.05) is 43.2 Å².